The highest BCUT2D eigenvalue weighted by molar-refractivity contribution is 6.18. The van der Waals surface area contributed by atoms with Gasteiger partial charge in [0.05, 0.1) is 7.11 Å². The molecule has 0 bridgehead atoms. The molecule has 0 spiro atoms. The third kappa shape index (κ3) is 2.13. The number of halogens is 1. The number of hydrogen-bond acceptors (Lipinski definition) is 2. The van der Waals surface area contributed by atoms with Crippen LogP contribution in [0.4, 0.5) is 0 Å². The molecule has 1 aromatic carbocycles. The van der Waals surface area contributed by atoms with Gasteiger partial charge in [-0.1, -0.05) is 12.1 Å². The largest absolute Gasteiger partial charge is 0.497 e. The van der Waals surface area contributed by atoms with Gasteiger partial charge in [-0.05, 0) is 17.7 Å². The molecule has 0 radical (unpaired) electrons. The zero-order valence-electron chi connectivity index (χ0n) is 6.96. The maximum absolute atomic E-state index is 5.71. The zero-order valence-corrected chi connectivity index (χ0v) is 7.71. The van der Waals surface area contributed by atoms with Crippen LogP contribution in [0, 0.1) is 0 Å². The molecule has 2 nitrogen and oxygen atoms in total. The Morgan fingerprint density at radius 2 is 2.00 bits per heavy atom. The topological polar surface area (TPSA) is 35.2 Å². The van der Waals surface area contributed by atoms with Gasteiger partial charge in [-0.2, -0.15) is 0 Å². The fourth-order valence-corrected chi connectivity index (χ4v) is 1.12. The van der Waals surface area contributed by atoms with Crippen molar-refractivity contribution in [3.63, 3.8) is 0 Å². The average molecular weight is 186 g/mol. The normalized spacial score (nSPS) is 12.6. The lowest BCUT2D eigenvalue weighted by Gasteiger charge is -2.08. The van der Waals surface area contributed by atoms with Crippen LogP contribution < -0.4 is 10.5 Å². The number of hydrogen-bond donors (Lipinski definition) is 1. The molecule has 0 saturated heterocycles. The van der Waals surface area contributed by atoms with E-state index in [1.54, 1.807) is 7.11 Å². The Morgan fingerprint density at radius 1 is 1.42 bits per heavy atom. The van der Waals surface area contributed by atoms with Gasteiger partial charge in [0.15, 0.2) is 0 Å². The van der Waals surface area contributed by atoms with Crippen LogP contribution in [0.15, 0.2) is 24.3 Å². The van der Waals surface area contributed by atoms with E-state index in [9.17, 15) is 0 Å². The van der Waals surface area contributed by atoms with Crippen LogP contribution in [-0.2, 0) is 0 Å². The Balaban J connectivity index is 2.77. The van der Waals surface area contributed by atoms with E-state index in [0.717, 1.165) is 11.3 Å². The van der Waals surface area contributed by atoms with Gasteiger partial charge in [-0.15, -0.1) is 11.6 Å². The molecule has 0 saturated carbocycles. The second-order valence-corrected chi connectivity index (χ2v) is 2.84. The van der Waals surface area contributed by atoms with Crippen LogP contribution in [-0.4, -0.2) is 13.0 Å². The number of methoxy groups -OCH3 is 1. The quantitative estimate of drug-likeness (QED) is 0.731. The van der Waals surface area contributed by atoms with E-state index in [-0.39, 0.29) is 6.04 Å². The minimum atomic E-state index is -0.0856. The highest BCUT2D eigenvalue weighted by Gasteiger charge is 2.02. The highest BCUT2D eigenvalue weighted by atomic mass is 35.5. The summed E-state index contributed by atoms with van der Waals surface area (Å²) in [5.41, 5.74) is 6.75. The van der Waals surface area contributed by atoms with Crippen LogP contribution in [0.2, 0.25) is 0 Å². The van der Waals surface area contributed by atoms with Crippen molar-refractivity contribution in [2.24, 2.45) is 5.73 Å². The van der Waals surface area contributed by atoms with E-state index >= 15 is 0 Å². The first-order valence-electron chi connectivity index (χ1n) is 3.73. The van der Waals surface area contributed by atoms with Crippen molar-refractivity contribution >= 4 is 11.6 Å². The van der Waals surface area contributed by atoms with Gasteiger partial charge in [-0.3, -0.25) is 0 Å². The molecule has 0 aliphatic carbocycles. The lowest BCUT2D eigenvalue weighted by molar-refractivity contribution is 0.414. The van der Waals surface area contributed by atoms with Crippen molar-refractivity contribution < 1.29 is 4.74 Å². The summed E-state index contributed by atoms with van der Waals surface area (Å²) in [4.78, 5) is 0. The fourth-order valence-electron chi connectivity index (χ4n) is 0.940. The summed E-state index contributed by atoms with van der Waals surface area (Å²) in [6, 6.07) is 7.51. The molecule has 12 heavy (non-hydrogen) atoms. The van der Waals surface area contributed by atoms with Gasteiger partial charge >= 0.3 is 0 Å². The van der Waals surface area contributed by atoms with Crippen LogP contribution in [0.5, 0.6) is 5.75 Å². The molecule has 1 rings (SSSR count). The third-order valence-corrected chi connectivity index (χ3v) is 2.04. The summed E-state index contributed by atoms with van der Waals surface area (Å²) in [5.74, 6) is 1.27. The predicted molar refractivity (Wildman–Crippen MR) is 50.6 cm³/mol. The molecule has 2 N–H and O–H groups in total. The molecule has 1 unspecified atom stereocenters. The van der Waals surface area contributed by atoms with Crippen molar-refractivity contribution in [2.45, 2.75) is 6.04 Å². The standard InChI is InChI=1S/C9H12ClNO/c1-12-8-4-2-7(3-5-8)9(11)6-10/h2-5,9H,6,11H2,1H3. The van der Waals surface area contributed by atoms with Crippen LogP contribution in [0.1, 0.15) is 11.6 Å². The molecule has 0 heterocycles. The number of nitrogens with two attached hydrogens (primary N) is 1. The van der Waals surface area contributed by atoms with Crippen molar-refractivity contribution in [1.29, 1.82) is 0 Å². The first kappa shape index (κ1) is 9.36. The molecule has 0 aliphatic heterocycles. The summed E-state index contributed by atoms with van der Waals surface area (Å²) in [6.45, 7) is 0. The van der Waals surface area contributed by atoms with Gasteiger partial charge in [0.25, 0.3) is 0 Å². The second kappa shape index (κ2) is 4.33. The van der Waals surface area contributed by atoms with E-state index in [1.165, 1.54) is 0 Å². The maximum atomic E-state index is 5.71. The SMILES string of the molecule is COc1ccc(C(N)CCl)cc1. The van der Waals surface area contributed by atoms with E-state index in [2.05, 4.69) is 0 Å². The van der Waals surface area contributed by atoms with Gasteiger partial charge in [0.2, 0.25) is 0 Å². The van der Waals surface area contributed by atoms with Gasteiger partial charge in [0, 0.05) is 11.9 Å². The fraction of sp³-hybridized carbons (Fsp3) is 0.333. The van der Waals surface area contributed by atoms with E-state index < -0.39 is 0 Å². The minimum Gasteiger partial charge on any atom is -0.497 e. The first-order chi connectivity index (χ1) is 5.77. The summed E-state index contributed by atoms with van der Waals surface area (Å²) in [6.07, 6.45) is 0. The molecule has 0 amide bonds. The highest BCUT2D eigenvalue weighted by Crippen LogP contribution is 2.16. The molecule has 1 atom stereocenters. The monoisotopic (exact) mass is 185 g/mol. The third-order valence-electron chi connectivity index (χ3n) is 1.71. The first-order valence-corrected chi connectivity index (χ1v) is 4.27. The number of benzene rings is 1. The van der Waals surface area contributed by atoms with Crippen molar-refractivity contribution in [1.82, 2.24) is 0 Å². The van der Waals surface area contributed by atoms with Gasteiger partial charge in [-0.25, -0.2) is 0 Å². The van der Waals surface area contributed by atoms with Gasteiger partial charge < -0.3 is 10.5 Å². The van der Waals surface area contributed by atoms with E-state index in [1.807, 2.05) is 24.3 Å². The molecular formula is C9H12ClNO. The van der Waals surface area contributed by atoms with Crippen LogP contribution >= 0.6 is 11.6 Å². The lowest BCUT2D eigenvalue weighted by atomic mass is 10.1. The molecule has 0 aliphatic rings. The Hall–Kier alpha value is -0.730. The summed E-state index contributed by atoms with van der Waals surface area (Å²) in [7, 11) is 1.64. The smallest absolute Gasteiger partial charge is 0.118 e. The molecule has 0 fully saturated rings. The number of ether oxygens (including phenoxy) is 1. The number of rotatable bonds is 3. The molecule has 66 valence electrons. The minimum absolute atomic E-state index is 0.0856. The average Bonchev–Trinajstić information content (AvgIpc) is 2.17. The summed E-state index contributed by atoms with van der Waals surface area (Å²) >= 11 is 5.60. The Labute approximate surface area is 77.3 Å². The van der Waals surface area contributed by atoms with Gasteiger partial charge in [0.1, 0.15) is 5.75 Å². The summed E-state index contributed by atoms with van der Waals surface area (Å²) in [5, 5.41) is 0. The van der Waals surface area contributed by atoms with Crippen molar-refractivity contribution in [2.75, 3.05) is 13.0 Å². The van der Waals surface area contributed by atoms with Crippen LogP contribution in [0.25, 0.3) is 0 Å². The number of alkyl halides is 1. The molecular weight excluding hydrogens is 174 g/mol. The summed E-state index contributed by atoms with van der Waals surface area (Å²) < 4.78 is 5.01. The zero-order chi connectivity index (χ0) is 8.97. The van der Waals surface area contributed by atoms with E-state index in [0.29, 0.717) is 5.88 Å². The Morgan fingerprint density at radius 3 is 2.42 bits per heavy atom. The Bertz CT molecular complexity index is 235. The lowest BCUT2D eigenvalue weighted by Crippen LogP contribution is -2.11. The molecule has 1 aromatic rings. The Kier molecular flexibility index (Phi) is 3.38. The van der Waals surface area contributed by atoms with Crippen molar-refractivity contribution in [3.8, 4) is 5.75 Å². The maximum Gasteiger partial charge on any atom is 0.118 e. The predicted octanol–water partition coefficient (Wildman–Crippen LogP) is 1.93. The second-order valence-electron chi connectivity index (χ2n) is 2.53. The van der Waals surface area contributed by atoms with E-state index in [4.69, 9.17) is 22.1 Å². The van der Waals surface area contributed by atoms with Crippen molar-refractivity contribution in [3.05, 3.63) is 29.8 Å². The van der Waals surface area contributed by atoms with Crippen LogP contribution in [0.3, 0.4) is 0 Å². The molecule has 0 aromatic heterocycles. The molecule has 3 heteroatoms.